The fourth-order valence-corrected chi connectivity index (χ4v) is 1.99. The van der Waals surface area contributed by atoms with Crippen LogP contribution < -0.4 is 5.32 Å². The highest BCUT2D eigenvalue weighted by Gasteiger charge is 2.18. The molecule has 0 aliphatic rings. The number of carboxylic acid groups (broad SMARTS) is 1. The van der Waals surface area contributed by atoms with Crippen LogP contribution in [0.25, 0.3) is 0 Å². The van der Waals surface area contributed by atoms with E-state index in [2.05, 4.69) is 10.3 Å². The van der Waals surface area contributed by atoms with Crippen molar-refractivity contribution < 1.29 is 14.8 Å². The van der Waals surface area contributed by atoms with E-state index in [9.17, 15) is 14.9 Å². The van der Waals surface area contributed by atoms with E-state index >= 15 is 0 Å². The normalized spacial score (nSPS) is 13.5. The van der Waals surface area contributed by atoms with E-state index in [4.69, 9.17) is 16.7 Å². The average molecular weight is 316 g/mol. The lowest BCUT2D eigenvalue weighted by Gasteiger charge is -2.15. The lowest BCUT2D eigenvalue weighted by Crippen LogP contribution is -2.18. The summed E-state index contributed by atoms with van der Waals surface area (Å²) in [5.41, 5.74) is -0.173. The molecule has 0 radical (unpaired) electrons. The molecular weight excluding hydrogens is 298 g/mol. The maximum Gasteiger partial charge on any atom is 0.312 e. The van der Waals surface area contributed by atoms with Gasteiger partial charge in [0.05, 0.1) is 15.9 Å². The summed E-state index contributed by atoms with van der Waals surface area (Å²) in [5.74, 6) is -1.03. The minimum Gasteiger partial charge on any atom is -0.481 e. The predicted molar refractivity (Wildman–Crippen MR) is 79.6 cm³/mol. The maximum absolute atomic E-state index is 10.9. The monoisotopic (exact) mass is 315 g/mol. The molecule has 7 nitrogen and oxygen atoms in total. The average Bonchev–Trinajstić information content (AvgIpc) is 2.40. The van der Waals surface area contributed by atoms with Gasteiger partial charge in [-0.05, 0) is 19.8 Å². The van der Waals surface area contributed by atoms with Crippen LogP contribution >= 0.6 is 11.6 Å². The van der Waals surface area contributed by atoms with Crippen LogP contribution in [0.15, 0.2) is 12.3 Å². The van der Waals surface area contributed by atoms with Gasteiger partial charge in [-0.15, -0.1) is 0 Å². The van der Waals surface area contributed by atoms with Crippen molar-refractivity contribution in [1.82, 2.24) is 4.98 Å². The Morgan fingerprint density at radius 1 is 1.52 bits per heavy atom. The third-order valence-corrected chi connectivity index (χ3v) is 3.32. The zero-order valence-electron chi connectivity index (χ0n) is 11.9. The van der Waals surface area contributed by atoms with Gasteiger partial charge < -0.3 is 10.4 Å². The summed E-state index contributed by atoms with van der Waals surface area (Å²) in [5, 5.41) is 22.9. The summed E-state index contributed by atoms with van der Waals surface area (Å²) in [7, 11) is 0. The van der Waals surface area contributed by atoms with E-state index in [-0.39, 0.29) is 28.5 Å². The Balaban J connectivity index is 2.57. The maximum atomic E-state index is 10.9. The van der Waals surface area contributed by atoms with Gasteiger partial charge in [-0.25, -0.2) is 4.98 Å². The van der Waals surface area contributed by atoms with E-state index in [0.717, 1.165) is 0 Å². The first kappa shape index (κ1) is 17.2. The van der Waals surface area contributed by atoms with Crippen LogP contribution in [-0.2, 0) is 4.79 Å². The standard InChI is InChI=1S/C13H18ClN3O4/c1-8(13(18)19)4-3-5-9(2)16-12-11(17(20)21)6-10(14)7-15-12/h6-9H,3-5H2,1-2H3,(H,15,16)(H,18,19). The minimum atomic E-state index is -0.814. The molecule has 2 unspecified atom stereocenters. The summed E-state index contributed by atoms with van der Waals surface area (Å²) < 4.78 is 0. The molecule has 0 bridgehead atoms. The molecule has 0 amide bonds. The van der Waals surface area contributed by atoms with Gasteiger partial charge in [-0.3, -0.25) is 14.9 Å². The second kappa shape index (κ2) is 7.78. The van der Waals surface area contributed by atoms with Crippen LogP contribution in [0, 0.1) is 16.0 Å². The van der Waals surface area contributed by atoms with E-state index in [1.165, 1.54) is 12.3 Å². The zero-order valence-corrected chi connectivity index (χ0v) is 12.6. The molecule has 116 valence electrons. The Bertz CT molecular complexity index is 524. The Kier molecular flexibility index (Phi) is 6.36. The highest BCUT2D eigenvalue weighted by atomic mass is 35.5. The smallest absolute Gasteiger partial charge is 0.312 e. The second-order valence-corrected chi connectivity index (χ2v) is 5.43. The lowest BCUT2D eigenvalue weighted by atomic mass is 10.0. The van der Waals surface area contributed by atoms with Crippen molar-refractivity contribution in [1.29, 1.82) is 0 Å². The first-order valence-electron chi connectivity index (χ1n) is 6.60. The fourth-order valence-electron chi connectivity index (χ4n) is 1.84. The van der Waals surface area contributed by atoms with Crippen LogP contribution in [0.5, 0.6) is 0 Å². The molecule has 2 atom stereocenters. The lowest BCUT2D eigenvalue weighted by molar-refractivity contribution is -0.384. The molecular formula is C13H18ClN3O4. The van der Waals surface area contributed by atoms with Gasteiger partial charge in [0.1, 0.15) is 0 Å². The first-order valence-corrected chi connectivity index (χ1v) is 6.98. The molecule has 0 aliphatic carbocycles. The Hall–Kier alpha value is -1.89. The van der Waals surface area contributed by atoms with Crippen molar-refractivity contribution in [2.75, 3.05) is 5.32 Å². The SMILES string of the molecule is CC(CCCC(C)C(=O)O)Nc1ncc(Cl)cc1[N+](=O)[O-]. The molecule has 0 aliphatic heterocycles. The zero-order chi connectivity index (χ0) is 16.0. The van der Waals surface area contributed by atoms with Crippen molar-refractivity contribution in [2.45, 2.75) is 39.2 Å². The van der Waals surface area contributed by atoms with E-state index in [1.807, 2.05) is 6.92 Å². The second-order valence-electron chi connectivity index (χ2n) is 4.99. The van der Waals surface area contributed by atoms with E-state index in [0.29, 0.717) is 19.3 Å². The fraction of sp³-hybridized carbons (Fsp3) is 0.538. The third kappa shape index (κ3) is 5.55. The number of hydrogen-bond donors (Lipinski definition) is 2. The number of halogens is 1. The van der Waals surface area contributed by atoms with Crippen molar-refractivity contribution in [2.24, 2.45) is 5.92 Å². The number of hydrogen-bond acceptors (Lipinski definition) is 5. The minimum absolute atomic E-state index is 0.0571. The summed E-state index contributed by atoms with van der Waals surface area (Å²) in [6.45, 7) is 3.53. The molecule has 0 spiro atoms. The number of nitrogens with one attached hydrogen (secondary N) is 1. The predicted octanol–water partition coefficient (Wildman–Crippen LogP) is 3.33. The van der Waals surface area contributed by atoms with Crippen molar-refractivity contribution in [3.8, 4) is 0 Å². The van der Waals surface area contributed by atoms with Gasteiger partial charge in [0.2, 0.25) is 5.82 Å². The quantitative estimate of drug-likeness (QED) is 0.563. The molecule has 1 heterocycles. The number of nitrogens with zero attached hydrogens (tertiary/aromatic N) is 2. The first-order chi connectivity index (χ1) is 9.81. The molecule has 0 saturated carbocycles. The number of aliphatic carboxylic acids is 1. The van der Waals surface area contributed by atoms with E-state index in [1.54, 1.807) is 6.92 Å². The molecule has 1 aromatic rings. The number of carbonyl (C=O) groups is 1. The Morgan fingerprint density at radius 2 is 2.19 bits per heavy atom. The van der Waals surface area contributed by atoms with Gasteiger partial charge in [0.15, 0.2) is 0 Å². The highest BCUT2D eigenvalue weighted by molar-refractivity contribution is 6.30. The Morgan fingerprint density at radius 3 is 2.76 bits per heavy atom. The molecule has 0 fully saturated rings. The number of rotatable bonds is 8. The van der Waals surface area contributed by atoms with Crippen LogP contribution in [0.1, 0.15) is 33.1 Å². The highest BCUT2D eigenvalue weighted by Crippen LogP contribution is 2.26. The van der Waals surface area contributed by atoms with Gasteiger partial charge >= 0.3 is 11.7 Å². The molecule has 0 saturated heterocycles. The molecule has 2 N–H and O–H groups in total. The van der Waals surface area contributed by atoms with E-state index < -0.39 is 10.9 Å². The van der Waals surface area contributed by atoms with Crippen LogP contribution in [0.2, 0.25) is 5.02 Å². The number of pyridine rings is 1. The largest absolute Gasteiger partial charge is 0.481 e. The van der Waals surface area contributed by atoms with Crippen LogP contribution in [-0.4, -0.2) is 27.0 Å². The molecule has 8 heteroatoms. The van der Waals surface area contributed by atoms with Crippen LogP contribution in [0.3, 0.4) is 0 Å². The Labute approximate surface area is 127 Å². The van der Waals surface area contributed by atoms with Crippen molar-refractivity contribution in [3.63, 3.8) is 0 Å². The number of nitro groups is 1. The summed E-state index contributed by atoms with van der Waals surface area (Å²) >= 11 is 5.70. The summed E-state index contributed by atoms with van der Waals surface area (Å²) in [6, 6.07) is 1.19. The van der Waals surface area contributed by atoms with Gasteiger partial charge in [0.25, 0.3) is 0 Å². The summed E-state index contributed by atoms with van der Waals surface area (Å²) in [6.07, 6.45) is 3.32. The van der Waals surface area contributed by atoms with Gasteiger partial charge in [0, 0.05) is 18.3 Å². The molecule has 1 aromatic heterocycles. The third-order valence-electron chi connectivity index (χ3n) is 3.11. The number of aromatic nitrogens is 1. The van der Waals surface area contributed by atoms with Crippen molar-refractivity contribution >= 4 is 29.1 Å². The molecule has 21 heavy (non-hydrogen) atoms. The number of carboxylic acids is 1. The number of anilines is 1. The van der Waals surface area contributed by atoms with Crippen molar-refractivity contribution in [3.05, 3.63) is 27.4 Å². The van der Waals surface area contributed by atoms with Gasteiger partial charge in [-0.1, -0.05) is 24.9 Å². The van der Waals surface area contributed by atoms with Gasteiger partial charge in [-0.2, -0.15) is 0 Å². The van der Waals surface area contributed by atoms with Crippen LogP contribution in [0.4, 0.5) is 11.5 Å². The summed E-state index contributed by atoms with van der Waals surface area (Å²) in [4.78, 5) is 25.0. The topological polar surface area (TPSA) is 105 Å². The molecule has 0 aromatic carbocycles. The molecule has 1 rings (SSSR count).